The van der Waals surface area contributed by atoms with Gasteiger partial charge in [0.15, 0.2) is 5.11 Å². The molecule has 0 amide bonds. The molecule has 5 heteroatoms. The largest absolute Gasteiger partial charge is 0.362 e. The molecule has 21 heavy (non-hydrogen) atoms. The minimum Gasteiger partial charge on any atom is -0.362 e. The van der Waals surface area contributed by atoms with E-state index in [1.165, 1.54) is 10.9 Å². The fourth-order valence-corrected chi connectivity index (χ4v) is 2.45. The lowest BCUT2D eigenvalue weighted by atomic mass is 10.2. The Labute approximate surface area is 131 Å². The number of fused-ring (bicyclic) bond motifs is 1. The maximum absolute atomic E-state index is 5.09. The first-order valence-electron chi connectivity index (χ1n) is 7.33. The molecule has 0 aliphatic carbocycles. The second-order valence-corrected chi connectivity index (χ2v) is 5.40. The van der Waals surface area contributed by atoms with Gasteiger partial charge in [0.25, 0.3) is 0 Å². The average molecular weight is 302 g/mol. The Hall–Kier alpha value is -1.88. The molecule has 112 valence electrons. The summed E-state index contributed by atoms with van der Waals surface area (Å²) in [5, 5.41) is 8.97. The van der Waals surface area contributed by atoms with Crippen molar-refractivity contribution in [1.82, 2.24) is 15.3 Å². The highest BCUT2D eigenvalue weighted by atomic mass is 32.1. The number of aromatic nitrogens is 1. The van der Waals surface area contributed by atoms with E-state index in [-0.39, 0.29) is 0 Å². The fraction of sp³-hybridized carbons (Fsp3) is 0.375. The summed E-state index contributed by atoms with van der Waals surface area (Å²) in [4.78, 5) is 0. The van der Waals surface area contributed by atoms with E-state index in [0.717, 1.165) is 18.5 Å². The van der Waals surface area contributed by atoms with Crippen molar-refractivity contribution >= 4 is 34.4 Å². The smallest absolute Gasteiger partial charge is 0.186 e. The molecule has 2 rings (SSSR count). The van der Waals surface area contributed by atoms with Gasteiger partial charge in [0, 0.05) is 35.2 Å². The number of hydrogen-bond donors (Lipinski definition) is 2. The first-order valence-corrected chi connectivity index (χ1v) is 7.74. The number of hydrazone groups is 1. The van der Waals surface area contributed by atoms with Gasteiger partial charge in [-0.15, -0.1) is 0 Å². The summed E-state index contributed by atoms with van der Waals surface area (Å²) in [6, 6.07) is 8.86. The fourth-order valence-electron chi connectivity index (χ4n) is 2.26. The Kier molecular flexibility index (Phi) is 5.33. The van der Waals surface area contributed by atoms with Gasteiger partial charge in [-0.2, -0.15) is 5.10 Å². The third kappa shape index (κ3) is 3.61. The van der Waals surface area contributed by atoms with Crippen molar-refractivity contribution in [2.45, 2.75) is 33.2 Å². The molecule has 1 aromatic carbocycles. The Morgan fingerprint density at radius 2 is 2.14 bits per heavy atom. The minimum absolute atomic E-state index is 0.466. The number of para-hydroxylation sites is 1. The molecule has 0 spiro atoms. The number of nitrogens with zero attached hydrogens (tertiary/aromatic N) is 2. The van der Waals surface area contributed by atoms with Crippen molar-refractivity contribution in [1.29, 1.82) is 0 Å². The van der Waals surface area contributed by atoms with Crippen LogP contribution in [0.15, 0.2) is 35.6 Å². The zero-order chi connectivity index (χ0) is 15.2. The first-order chi connectivity index (χ1) is 10.2. The number of thiocarbonyl (C=S) groups is 1. The predicted molar refractivity (Wildman–Crippen MR) is 93.9 cm³/mol. The standard InChI is InChI=1S/C16H22N4S/c1-4-12(3)20-11-13(10-18-19-16(21)17-5-2)14-8-6-7-9-15(14)20/h6-12H,4-5H2,1-3H3,(H2,17,19,21)/b18-10-/t12-/m0/s1. The van der Waals surface area contributed by atoms with Gasteiger partial charge in [-0.3, -0.25) is 5.43 Å². The topological polar surface area (TPSA) is 41.4 Å². The summed E-state index contributed by atoms with van der Waals surface area (Å²) >= 11 is 5.09. The van der Waals surface area contributed by atoms with Crippen LogP contribution in [0.25, 0.3) is 10.9 Å². The first kappa shape index (κ1) is 15.5. The summed E-state index contributed by atoms with van der Waals surface area (Å²) in [7, 11) is 0. The minimum atomic E-state index is 0.466. The highest BCUT2D eigenvalue weighted by Gasteiger charge is 2.10. The van der Waals surface area contributed by atoms with Crippen LogP contribution in [0.5, 0.6) is 0 Å². The van der Waals surface area contributed by atoms with Crippen LogP contribution in [0.4, 0.5) is 0 Å². The Balaban J connectivity index is 2.28. The summed E-state index contributed by atoms with van der Waals surface area (Å²) in [6.45, 7) is 7.21. The molecule has 0 saturated heterocycles. The van der Waals surface area contributed by atoms with E-state index >= 15 is 0 Å². The van der Waals surface area contributed by atoms with Crippen molar-refractivity contribution in [3.05, 3.63) is 36.0 Å². The summed E-state index contributed by atoms with van der Waals surface area (Å²) < 4.78 is 2.30. The molecule has 2 aromatic rings. The maximum atomic E-state index is 5.09. The second kappa shape index (κ2) is 7.22. The number of rotatable bonds is 5. The lowest BCUT2D eigenvalue weighted by Gasteiger charge is -2.12. The van der Waals surface area contributed by atoms with Crippen molar-refractivity contribution in [3.8, 4) is 0 Å². The molecule has 0 aliphatic rings. The normalized spacial score (nSPS) is 12.7. The maximum Gasteiger partial charge on any atom is 0.186 e. The van der Waals surface area contributed by atoms with Crippen molar-refractivity contribution in [2.24, 2.45) is 5.10 Å². The Morgan fingerprint density at radius 1 is 1.38 bits per heavy atom. The van der Waals surface area contributed by atoms with Crippen LogP contribution >= 0.6 is 12.2 Å². The van der Waals surface area contributed by atoms with Crippen LogP contribution in [0.3, 0.4) is 0 Å². The molecule has 4 nitrogen and oxygen atoms in total. The number of benzene rings is 1. The Bertz CT molecular complexity index is 645. The number of nitrogens with one attached hydrogen (secondary N) is 2. The van der Waals surface area contributed by atoms with Crippen molar-refractivity contribution in [2.75, 3.05) is 6.54 Å². The van der Waals surface area contributed by atoms with Gasteiger partial charge < -0.3 is 9.88 Å². The SMILES string of the molecule is CCNC(=S)N/N=C\c1cn([C@@H](C)CC)c2ccccc12. The molecule has 0 aliphatic heterocycles. The molecule has 0 radical (unpaired) electrons. The van der Waals surface area contributed by atoms with E-state index in [1.54, 1.807) is 0 Å². The molecule has 0 bridgehead atoms. The molecule has 1 aromatic heterocycles. The third-order valence-corrected chi connectivity index (χ3v) is 3.78. The molecule has 1 atom stereocenters. The van der Waals surface area contributed by atoms with Crippen LogP contribution in [0.1, 0.15) is 38.8 Å². The zero-order valence-electron chi connectivity index (χ0n) is 12.8. The van der Waals surface area contributed by atoms with Crippen LogP contribution in [0.2, 0.25) is 0 Å². The van der Waals surface area contributed by atoms with Gasteiger partial charge >= 0.3 is 0 Å². The molecule has 1 heterocycles. The van der Waals surface area contributed by atoms with Crippen LogP contribution in [0, 0.1) is 0 Å². The van der Waals surface area contributed by atoms with E-state index < -0.39 is 0 Å². The van der Waals surface area contributed by atoms with E-state index in [1.807, 2.05) is 13.1 Å². The van der Waals surface area contributed by atoms with Gasteiger partial charge in [-0.05, 0) is 38.6 Å². The van der Waals surface area contributed by atoms with Gasteiger partial charge in [-0.1, -0.05) is 25.1 Å². The van der Waals surface area contributed by atoms with Gasteiger partial charge in [0.1, 0.15) is 0 Å². The van der Waals surface area contributed by atoms with E-state index in [2.05, 4.69) is 64.7 Å². The predicted octanol–water partition coefficient (Wildman–Crippen LogP) is 3.43. The molecular formula is C16H22N4S. The monoisotopic (exact) mass is 302 g/mol. The molecule has 2 N–H and O–H groups in total. The van der Waals surface area contributed by atoms with E-state index in [0.29, 0.717) is 11.2 Å². The number of hydrogen-bond acceptors (Lipinski definition) is 2. The van der Waals surface area contributed by atoms with Crippen LogP contribution < -0.4 is 10.7 Å². The van der Waals surface area contributed by atoms with E-state index in [9.17, 15) is 0 Å². The second-order valence-electron chi connectivity index (χ2n) is 5.00. The zero-order valence-corrected chi connectivity index (χ0v) is 13.6. The van der Waals surface area contributed by atoms with Gasteiger partial charge in [0.2, 0.25) is 0 Å². The highest BCUT2D eigenvalue weighted by molar-refractivity contribution is 7.80. The van der Waals surface area contributed by atoms with Crippen LogP contribution in [-0.4, -0.2) is 22.4 Å². The quantitative estimate of drug-likeness (QED) is 0.505. The Morgan fingerprint density at radius 3 is 2.86 bits per heavy atom. The molecule has 0 unspecified atom stereocenters. The lowest BCUT2D eigenvalue weighted by molar-refractivity contribution is 0.548. The van der Waals surface area contributed by atoms with Gasteiger partial charge in [-0.25, -0.2) is 0 Å². The van der Waals surface area contributed by atoms with Crippen LogP contribution in [-0.2, 0) is 0 Å². The average Bonchev–Trinajstić information content (AvgIpc) is 2.86. The highest BCUT2D eigenvalue weighted by Crippen LogP contribution is 2.24. The molecule has 0 saturated carbocycles. The lowest BCUT2D eigenvalue weighted by Crippen LogP contribution is -2.31. The summed E-state index contributed by atoms with van der Waals surface area (Å²) in [5.74, 6) is 0. The van der Waals surface area contributed by atoms with Crippen molar-refractivity contribution < 1.29 is 0 Å². The summed E-state index contributed by atoms with van der Waals surface area (Å²) in [5.41, 5.74) is 5.16. The van der Waals surface area contributed by atoms with Gasteiger partial charge in [0.05, 0.1) is 6.21 Å². The molecule has 0 fully saturated rings. The third-order valence-electron chi connectivity index (χ3n) is 3.54. The molecular weight excluding hydrogens is 280 g/mol. The van der Waals surface area contributed by atoms with Crippen molar-refractivity contribution in [3.63, 3.8) is 0 Å². The summed E-state index contributed by atoms with van der Waals surface area (Å²) in [6.07, 6.45) is 5.07. The van der Waals surface area contributed by atoms with E-state index in [4.69, 9.17) is 12.2 Å².